The second-order valence-electron chi connectivity index (χ2n) is 4.39. The second kappa shape index (κ2) is 2.91. The first-order valence-corrected chi connectivity index (χ1v) is 5.47. The maximum atomic E-state index is 5.62. The minimum Gasteiger partial charge on any atom is -0.486 e. The monoisotopic (exact) mass is 214 g/mol. The Morgan fingerprint density at radius 1 is 0.875 bits per heavy atom. The van der Waals surface area contributed by atoms with E-state index in [1.165, 1.54) is 11.1 Å². The topological polar surface area (TPSA) is 18.5 Å². The average Bonchev–Trinajstić information content (AvgIpc) is 2.67. The smallest absolute Gasteiger partial charge is 0.122 e. The maximum absolute atomic E-state index is 5.62. The fraction of sp³-hybridized carbons (Fsp3) is 0.286. The quantitative estimate of drug-likeness (QED) is 0.653. The van der Waals surface area contributed by atoms with Crippen molar-refractivity contribution >= 4 is 11.5 Å². The molecule has 0 saturated carbocycles. The van der Waals surface area contributed by atoms with Crippen LogP contribution in [0.2, 0.25) is 0 Å². The zero-order valence-electron chi connectivity index (χ0n) is 9.54. The summed E-state index contributed by atoms with van der Waals surface area (Å²) in [5.41, 5.74) is 4.58. The normalized spacial score (nSPS) is 26.1. The van der Waals surface area contributed by atoms with Crippen molar-refractivity contribution in [2.45, 2.75) is 26.1 Å². The molecule has 2 heterocycles. The number of hydrogen-bond donors (Lipinski definition) is 0. The highest BCUT2D eigenvalue weighted by Gasteiger charge is 2.30. The van der Waals surface area contributed by atoms with Gasteiger partial charge in [0, 0.05) is 22.3 Å². The molecule has 0 N–H and O–H groups in total. The minimum absolute atomic E-state index is 0.0915. The third kappa shape index (κ3) is 1.07. The highest BCUT2D eigenvalue weighted by atomic mass is 16.5. The molecule has 2 heteroatoms. The number of ether oxygens (including phenoxy) is 2. The molecular weight excluding hydrogens is 200 g/mol. The van der Waals surface area contributed by atoms with Gasteiger partial charge >= 0.3 is 0 Å². The summed E-state index contributed by atoms with van der Waals surface area (Å²) in [5.74, 6) is 1.50. The molecule has 0 bridgehead atoms. The van der Waals surface area contributed by atoms with E-state index < -0.39 is 0 Å². The van der Waals surface area contributed by atoms with E-state index in [4.69, 9.17) is 9.47 Å². The molecule has 3 rings (SSSR count). The van der Waals surface area contributed by atoms with Crippen molar-refractivity contribution in [3.63, 3.8) is 0 Å². The first-order valence-electron chi connectivity index (χ1n) is 5.47. The predicted octanol–water partition coefficient (Wildman–Crippen LogP) is 3.81. The van der Waals surface area contributed by atoms with E-state index in [-0.39, 0.29) is 12.2 Å². The Bertz CT molecular complexity index is 470. The van der Waals surface area contributed by atoms with Gasteiger partial charge in [0.05, 0.1) is 0 Å². The van der Waals surface area contributed by atoms with E-state index >= 15 is 0 Å². The summed E-state index contributed by atoms with van der Waals surface area (Å²) in [6.45, 7) is 11.9. The van der Waals surface area contributed by atoms with E-state index in [9.17, 15) is 0 Å². The third-order valence-corrected chi connectivity index (χ3v) is 3.34. The van der Waals surface area contributed by atoms with Crippen molar-refractivity contribution in [2.75, 3.05) is 0 Å². The van der Waals surface area contributed by atoms with Crippen LogP contribution in [0.1, 0.15) is 48.3 Å². The molecule has 2 aliphatic rings. The average molecular weight is 214 g/mol. The molecule has 2 atom stereocenters. The molecule has 0 aliphatic carbocycles. The molecule has 16 heavy (non-hydrogen) atoms. The summed E-state index contributed by atoms with van der Waals surface area (Å²) in [6.07, 6.45) is 0.183. The molecule has 0 saturated heterocycles. The largest absolute Gasteiger partial charge is 0.486 e. The molecule has 0 spiro atoms. The van der Waals surface area contributed by atoms with E-state index in [1.54, 1.807) is 0 Å². The summed E-state index contributed by atoms with van der Waals surface area (Å²) in [4.78, 5) is 0. The van der Waals surface area contributed by atoms with Crippen molar-refractivity contribution in [3.05, 3.63) is 47.5 Å². The van der Waals surface area contributed by atoms with Crippen molar-refractivity contribution in [2.24, 2.45) is 0 Å². The Morgan fingerprint density at radius 2 is 1.31 bits per heavy atom. The maximum Gasteiger partial charge on any atom is 0.122 e. The van der Waals surface area contributed by atoms with Gasteiger partial charge in [0.1, 0.15) is 23.7 Å². The highest BCUT2D eigenvalue weighted by Crippen LogP contribution is 2.45. The molecule has 0 radical (unpaired) electrons. The lowest BCUT2D eigenvalue weighted by atomic mass is 9.95. The Kier molecular flexibility index (Phi) is 1.73. The molecular formula is C14H14O2. The molecule has 2 aliphatic heterocycles. The van der Waals surface area contributed by atoms with Crippen LogP contribution in [0, 0.1) is 0 Å². The standard InChI is InChI=1S/C14H14O2/c1-7-11-5-13-9(3)16-10(4)14(13)6-12(11)8(2)15-7/h5-6,8,10H,1,3H2,2,4H3. The van der Waals surface area contributed by atoms with Crippen LogP contribution in [0.25, 0.3) is 11.5 Å². The van der Waals surface area contributed by atoms with Crippen LogP contribution in [0.5, 0.6) is 0 Å². The van der Waals surface area contributed by atoms with Crippen molar-refractivity contribution in [3.8, 4) is 0 Å². The molecule has 2 nitrogen and oxygen atoms in total. The zero-order chi connectivity index (χ0) is 11.4. The number of benzene rings is 1. The SMILES string of the molecule is C=C1OC(C)c2cc3c(cc21)C(=C)OC3C. The van der Waals surface area contributed by atoms with Crippen molar-refractivity contribution in [1.29, 1.82) is 0 Å². The summed E-state index contributed by atoms with van der Waals surface area (Å²) in [7, 11) is 0. The predicted molar refractivity (Wildman–Crippen MR) is 63.5 cm³/mol. The Morgan fingerprint density at radius 3 is 1.75 bits per heavy atom. The molecule has 2 unspecified atom stereocenters. The summed E-state index contributed by atoms with van der Waals surface area (Å²) in [5, 5.41) is 0. The van der Waals surface area contributed by atoms with Crippen LogP contribution in [0.15, 0.2) is 25.3 Å². The number of rotatable bonds is 0. The molecule has 0 fully saturated rings. The first-order chi connectivity index (χ1) is 7.58. The second-order valence-corrected chi connectivity index (χ2v) is 4.39. The lowest BCUT2D eigenvalue weighted by molar-refractivity contribution is 0.204. The minimum atomic E-state index is 0.0915. The van der Waals surface area contributed by atoms with E-state index in [2.05, 4.69) is 25.3 Å². The molecule has 1 aromatic rings. The van der Waals surface area contributed by atoms with Gasteiger partial charge in [-0.25, -0.2) is 0 Å². The lowest BCUT2D eigenvalue weighted by Crippen LogP contribution is -1.93. The Labute approximate surface area is 95.2 Å². The highest BCUT2D eigenvalue weighted by molar-refractivity contribution is 5.74. The molecule has 0 amide bonds. The van der Waals surface area contributed by atoms with Gasteiger partial charge in [-0.2, -0.15) is 0 Å². The van der Waals surface area contributed by atoms with E-state index in [0.717, 1.165) is 22.6 Å². The van der Waals surface area contributed by atoms with E-state index in [1.807, 2.05) is 13.8 Å². The third-order valence-electron chi connectivity index (χ3n) is 3.34. The van der Waals surface area contributed by atoms with Gasteiger partial charge in [0.25, 0.3) is 0 Å². The zero-order valence-corrected chi connectivity index (χ0v) is 9.54. The fourth-order valence-electron chi connectivity index (χ4n) is 2.47. The summed E-state index contributed by atoms with van der Waals surface area (Å²) < 4.78 is 11.2. The van der Waals surface area contributed by atoms with Crippen LogP contribution in [-0.4, -0.2) is 0 Å². The van der Waals surface area contributed by atoms with Crippen molar-refractivity contribution in [1.82, 2.24) is 0 Å². The summed E-state index contributed by atoms with van der Waals surface area (Å²) >= 11 is 0. The number of hydrogen-bond acceptors (Lipinski definition) is 2. The van der Waals surface area contributed by atoms with Crippen LogP contribution in [-0.2, 0) is 9.47 Å². The molecule has 82 valence electrons. The van der Waals surface area contributed by atoms with Gasteiger partial charge in [0.15, 0.2) is 0 Å². The lowest BCUT2D eigenvalue weighted by Gasteiger charge is -2.06. The fourth-order valence-corrected chi connectivity index (χ4v) is 2.47. The van der Waals surface area contributed by atoms with Gasteiger partial charge in [0.2, 0.25) is 0 Å². The van der Waals surface area contributed by atoms with E-state index in [0.29, 0.717) is 0 Å². The molecule has 1 aromatic carbocycles. The van der Waals surface area contributed by atoms with Gasteiger partial charge in [-0.1, -0.05) is 13.2 Å². The Balaban J connectivity index is 2.25. The molecule has 0 aromatic heterocycles. The summed E-state index contributed by atoms with van der Waals surface area (Å²) in [6, 6.07) is 4.25. The van der Waals surface area contributed by atoms with Crippen molar-refractivity contribution < 1.29 is 9.47 Å². The van der Waals surface area contributed by atoms with Gasteiger partial charge in [-0.15, -0.1) is 0 Å². The van der Waals surface area contributed by atoms with Gasteiger partial charge < -0.3 is 9.47 Å². The Hall–Kier alpha value is -1.70. The van der Waals surface area contributed by atoms with Gasteiger partial charge in [-0.05, 0) is 26.0 Å². The van der Waals surface area contributed by atoms with Crippen LogP contribution >= 0.6 is 0 Å². The van der Waals surface area contributed by atoms with Gasteiger partial charge in [-0.3, -0.25) is 0 Å². The first kappa shape index (κ1) is 9.52. The van der Waals surface area contributed by atoms with Crippen LogP contribution in [0.3, 0.4) is 0 Å². The number of fused-ring (bicyclic) bond motifs is 2. The van der Waals surface area contributed by atoms with Crippen LogP contribution in [0.4, 0.5) is 0 Å². The van der Waals surface area contributed by atoms with Crippen LogP contribution < -0.4 is 0 Å².